The van der Waals surface area contributed by atoms with E-state index < -0.39 is 9.84 Å². The van der Waals surface area contributed by atoms with Crippen LogP contribution in [0, 0.1) is 5.41 Å². The Morgan fingerprint density at radius 1 is 1.29 bits per heavy atom. The van der Waals surface area contributed by atoms with Crippen LogP contribution in [0.4, 0.5) is 0 Å². The van der Waals surface area contributed by atoms with Crippen molar-refractivity contribution in [3.05, 3.63) is 0 Å². The molecule has 100 valence electrons. The van der Waals surface area contributed by atoms with Gasteiger partial charge >= 0.3 is 5.97 Å². The van der Waals surface area contributed by atoms with Gasteiger partial charge < -0.3 is 4.74 Å². The molecule has 5 heteroatoms. The molecule has 1 aliphatic rings. The van der Waals surface area contributed by atoms with E-state index in [4.69, 9.17) is 0 Å². The van der Waals surface area contributed by atoms with Gasteiger partial charge in [0.1, 0.15) is 0 Å². The number of carbonyl (C=O) groups excluding carboxylic acids is 1. The van der Waals surface area contributed by atoms with Gasteiger partial charge in [-0.15, -0.1) is 0 Å². The van der Waals surface area contributed by atoms with Crippen LogP contribution in [0.15, 0.2) is 0 Å². The molecule has 0 aliphatic heterocycles. The summed E-state index contributed by atoms with van der Waals surface area (Å²) in [6.45, 7) is 2.05. The average Bonchev–Trinajstić information content (AvgIpc) is 2.96. The standard InChI is InChI=1S/C12H22O4S/c1-3-4-5-8-17(14,15)10-12(6-7-12)9-11(13)16-2/h3-10H2,1-2H3. The molecule has 0 radical (unpaired) electrons. The number of hydrogen-bond donors (Lipinski definition) is 0. The Labute approximate surface area is 104 Å². The molecule has 0 unspecified atom stereocenters. The molecule has 0 aromatic heterocycles. The molecule has 17 heavy (non-hydrogen) atoms. The fourth-order valence-corrected chi connectivity index (χ4v) is 4.15. The van der Waals surface area contributed by atoms with Crippen molar-refractivity contribution in [3.8, 4) is 0 Å². The highest BCUT2D eigenvalue weighted by molar-refractivity contribution is 7.91. The first-order valence-electron chi connectivity index (χ1n) is 6.20. The van der Waals surface area contributed by atoms with E-state index in [0.29, 0.717) is 0 Å². The lowest BCUT2D eigenvalue weighted by Gasteiger charge is -2.13. The zero-order valence-corrected chi connectivity index (χ0v) is 11.5. The van der Waals surface area contributed by atoms with Gasteiger partial charge in [0.25, 0.3) is 0 Å². The number of methoxy groups -OCH3 is 1. The van der Waals surface area contributed by atoms with E-state index in [1.54, 1.807) is 0 Å². The first kappa shape index (κ1) is 14.5. The van der Waals surface area contributed by atoms with E-state index in [2.05, 4.69) is 4.74 Å². The van der Waals surface area contributed by atoms with Gasteiger partial charge in [-0.1, -0.05) is 19.8 Å². The fourth-order valence-electron chi connectivity index (χ4n) is 2.04. The van der Waals surface area contributed by atoms with Crippen molar-refractivity contribution < 1.29 is 17.9 Å². The summed E-state index contributed by atoms with van der Waals surface area (Å²) in [5.74, 6) is 0.106. The summed E-state index contributed by atoms with van der Waals surface area (Å²) in [4.78, 5) is 11.2. The fraction of sp³-hybridized carbons (Fsp3) is 0.917. The van der Waals surface area contributed by atoms with Crippen LogP contribution in [-0.2, 0) is 19.4 Å². The summed E-state index contributed by atoms with van der Waals surface area (Å²) in [6, 6.07) is 0. The molecule has 0 aromatic rings. The van der Waals surface area contributed by atoms with E-state index >= 15 is 0 Å². The van der Waals surface area contributed by atoms with Crippen LogP contribution < -0.4 is 0 Å². The van der Waals surface area contributed by atoms with E-state index in [9.17, 15) is 13.2 Å². The van der Waals surface area contributed by atoms with Crippen molar-refractivity contribution in [2.24, 2.45) is 5.41 Å². The third kappa shape index (κ3) is 5.06. The molecule has 1 fully saturated rings. The maximum absolute atomic E-state index is 11.9. The normalized spacial score (nSPS) is 17.8. The van der Waals surface area contributed by atoms with E-state index in [0.717, 1.165) is 32.1 Å². The number of ether oxygens (including phenoxy) is 1. The van der Waals surface area contributed by atoms with Gasteiger partial charge in [-0.2, -0.15) is 0 Å². The third-order valence-corrected chi connectivity index (χ3v) is 5.25. The lowest BCUT2D eigenvalue weighted by molar-refractivity contribution is -0.141. The van der Waals surface area contributed by atoms with Crippen LogP contribution in [-0.4, -0.2) is 33.0 Å². The molecule has 1 rings (SSSR count). The van der Waals surface area contributed by atoms with Gasteiger partial charge in [-0.25, -0.2) is 8.42 Å². The van der Waals surface area contributed by atoms with Crippen molar-refractivity contribution in [2.75, 3.05) is 18.6 Å². The SMILES string of the molecule is CCCCCS(=O)(=O)CC1(CC(=O)OC)CC1. The molecule has 1 saturated carbocycles. The second-order valence-corrected chi connectivity index (χ2v) is 7.24. The third-order valence-electron chi connectivity index (χ3n) is 3.29. The molecule has 0 atom stereocenters. The van der Waals surface area contributed by atoms with Gasteiger partial charge in [0.2, 0.25) is 0 Å². The van der Waals surface area contributed by atoms with Gasteiger partial charge in [-0.3, -0.25) is 4.79 Å². The van der Waals surface area contributed by atoms with Gasteiger partial charge in [0, 0.05) is 0 Å². The zero-order valence-electron chi connectivity index (χ0n) is 10.7. The molecule has 0 heterocycles. The van der Waals surface area contributed by atoms with E-state index in [-0.39, 0.29) is 29.3 Å². The Balaban J connectivity index is 2.44. The summed E-state index contributed by atoms with van der Waals surface area (Å²) in [5, 5.41) is 0. The Morgan fingerprint density at radius 2 is 1.94 bits per heavy atom. The van der Waals surface area contributed by atoms with Crippen molar-refractivity contribution in [2.45, 2.75) is 45.4 Å². The maximum atomic E-state index is 11.9. The average molecular weight is 262 g/mol. The summed E-state index contributed by atoms with van der Waals surface area (Å²) < 4.78 is 28.4. The number of carbonyl (C=O) groups is 1. The molecular formula is C12H22O4S. The van der Waals surface area contributed by atoms with Crippen LogP contribution in [0.5, 0.6) is 0 Å². The van der Waals surface area contributed by atoms with Gasteiger partial charge in [0.15, 0.2) is 9.84 Å². The minimum Gasteiger partial charge on any atom is -0.469 e. The number of esters is 1. The number of unbranched alkanes of at least 4 members (excludes halogenated alkanes) is 2. The lowest BCUT2D eigenvalue weighted by atomic mass is 10.1. The predicted molar refractivity (Wildman–Crippen MR) is 66.5 cm³/mol. The van der Waals surface area contributed by atoms with E-state index in [1.165, 1.54) is 7.11 Å². The first-order chi connectivity index (χ1) is 7.93. The zero-order chi connectivity index (χ0) is 12.9. The Hall–Kier alpha value is -0.580. The van der Waals surface area contributed by atoms with Crippen LogP contribution in [0.2, 0.25) is 0 Å². The van der Waals surface area contributed by atoms with E-state index in [1.807, 2.05) is 6.92 Å². The smallest absolute Gasteiger partial charge is 0.306 e. The lowest BCUT2D eigenvalue weighted by Crippen LogP contribution is -2.23. The highest BCUT2D eigenvalue weighted by Crippen LogP contribution is 2.50. The Morgan fingerprint density at radius 3 is 2.41 bits per heavy atom. The van der Waals surface area contributed by atoms with Crippen LogP contribution in [0.3, 0.4) is 0 Å². The molecule has 0 bridgehead atoms. The number of rotatable bonds is 8. The van der Waals surface area contributed by atoms with Gasteiger partial charge in [0.05, 0.1) is 25.0 Å². The van der Waals surface area contributed by atoms with Crippen molar-refractivity contribution in [3.63, 3.8) is 0 Å². The van der Waals surface area contributed by atoms with Crippen LogP contribution >= 0.6 is 0 Å². The monoisotopic (exact) mass is 262 g/mol. The molecule has 0 spiro atoms. The molecule has 1 aliphatic carbocycles. The van der Waals surface area contributed by atoms with Crippen LogP contribution in [0.1, 0.15) is 45.4 Å². The molecule has 0 aromatic carbocycles. The highest BCUT2D eigenvalue weighted by atomic mass is 32.2. The molecular weight excluding hydrogens is 240 g/mol. The summed E-state index contributed by atoms with van der Waals surface area (Å²) in [6.07, 6.45) is 4.60. The van der Waals surface area contributed by atoms with Crippen LogP contribution in [0.25, 0.3) is 0 Å². The summed E-state index contributed by atoms with van der Waals surface area (Å²) >= 11 is 0. The van der Waals surface area contributed by atoms with Crippen molar-refractivity contribution in [1.82, 2.24) is 0 Å². The highest BCUT2D eigenvalue weighted by Gasteiger charge is 2.47. The second kappa shape index (κ2) is 5.85. The molecule has 0 N–H and O–H groups in total. The Kier molecular flexibility index (Phi) is 4.98. The number of hydrogen-bond acceptors (Lipinski definition) is 4. The van der Waals surface area contributed by atoms with Crippen molar-refractivity contribution in [1.29, 1.82) is 0 Å². The molecule has 4 nitrogen and oxygen atoms in total. The minimum atomic E-state index is -3.01. The largest absolute Gasteiger partial charge is 0.469 e. The topological polar surface area (TPSA) is 60.4 Å². The summed E-state index contributed by atoms with van der Waals surface area (Å²) in [7, 11) is -1.67. The second-order valence-electron chi connectivity index (χ2n) is 5.05. The maximum Gasteiger partial charge on any atom is 0.306 e. The first-order valence-corrected chi connectivity index (χ1v) is 8.02. The van der Waals surface area contributed by atoms with Crippen molar-refractivity contribution >= 4 is 15.8 Å². The van der Waals surface area contributed by atoms with Gasteiger partial charge in [-0.05, 0) is 24.7 Å². The summed E-state index contributed by atoms with van der Waals surface area (Å²) in [5.41, 5.74) is -0.307. The number of sulfone groups is 1. The predicted octanol–water partition coefficient (Wildman–Crippen LogP) is 1.93. The molecule has 0 amide bonds. The minimum absolute atomic E-state index is 0.152. The Bertz CT molecular complexity index is 355. The quantitative estimate of drug-likeness (QED) is 0.495. The molecule has 0 saturated heterocycles.